The average molecular weight is 305 g/mol. The SMILES string of the molecule is O=[N+]([O-])C(CO)(CO)CO.c1ccc(-c2ccccc2)cc1. The predicted octanol–water partition coefficient (Wildman–Crippen LogP) is 1.33. The Morgan fingerprint density at radius 2 is 1.09 bits per heavy atom. The molecule has 22 heavy (non-hydrogen) atoms. The highest BCUT2D eigenvalue weighted by Crippen LogP contribution is 2.17. The summed E-state index contributed by atoms with van der Waals surface area (Å²) >= 11 is 0. The van der Waals surface area contributed by atoms with Gasteiger partial charge in [-0.2, -0.15) is 0 Å². The molecule has 0 aliphatic rings. The van der Waals surface area contributed by atoms with Gasteiger partial charge in [0.1, 0.15) is 19.8 Å². The van der Waals surface area contributed by atoms with E-state index in [1.54, 1.807) is 0 Å². The van der Waals surface area contributed by atoms with E-state index < -0.39 is 30.3 Å². The highest BCUT2D eigenvalue weighted by molar-refractivity contribution is 5.62. The van der Waals surface area contributed by atoms with E-state index >= 15 is 0 Å². The number of benzene rings is 2. The van der Waals surface area contributed by atoms with Crippen LogP contribution in [0.4, 0.5) is 0 Å². The van der Waals surface area contributed by atoms with Crippen molar-refractivity contribution in [2.75, 3.05) is 19.8 Å². The van der Waals surface area contributed by atoms with E-state index in [1.165, 1.54) is 11.1 Å². The van der Waals surface area contributed by atoms with Crippen LogP contribution in [-0.4, -0.2) is 45.6 Å². The first-order valence-electron chi connectivity index (χ1n) is 6.67. The standard InChI is InChI=1S/C12H10.C4H9NO5/c1-3-7-11(8-4-1)12-9-5-2-6-10-12;6-1-4(2-7,3-8)5(9)10/h1-10H;6-8H,1-3H2. The minimum atomic E-state index is -1.99. The summed E-state index contributed by atoms with van der Waals surface area (Å²) in [4.78, 5) is 9.14. The topological polar surface area (TPSA) is 104 Å². The van der Waals surface area contributed by atoms with Crippen molar-refractivity contribution < 1.29 is 20.2 Å². The van der Waals surface area contributed by atoms with Crippen LogP contribution in [-0.2, 0) is 0 Å². The Bertz CT molecular complexity index is 509. The summed E-state index contributed by atoms with van der Waals surface area (Å²) in [5.74, 6) is 0. The van der Waals surface area contributed by atoms with Crippen LogP contribution in [0.3, 0.4) is 0 Å². The molecule has 0 heterocycles. The molecule has 6 heteroatoms. The third-order valence-corrected chi connectivity index (χ3v) is 3.15. The molecule has 0 saturated carbocycles. The summed E-state index contributed by atoms with van der Waals surface area (Å²) < 4.78 is 0. The van der Waals surface area contributed by atoms with Gasteiger partial charge in [0.15, 0.2) is 0 Å². The largest absolute Gasteiger partial charge is 0.389 e. The molecule has 0 aliphatic carbocycles. The van der Waals surface area contributed by atoms with Crippen molar-refractivity contribution in [2.24, 2.45) is 0 Å². The molecule has 0 aromatic heterocycles. The molecule has 6 nitrogen and oxygen atoms in total. The summed E-state index contributed by atoms with van der Waals surface area (Å²) in [6.07, 6.45) is 0. The van der Waals surface area contributed by atoms with Crippen molar-refractivity contribution in [1.82, 2.24) is 0 Å². The molecule has 0 unspecified atom stereocenters. The smallest absolute Gasteiger partial charge is 0.289 e. The highest BCUT2D eigenvalue weighted by atomic mass is 16.6. The van der Waals surface area contributed by atoms with Crippen LogP contribution >= 0.6 is 0 Å². The fraction of sp³-hybridized carbons (Fsp3) is 0.250. The molecule has 0 saturated heterocycles. The lowest BCUT2D eigenvalue weighted by Crippen LogP contribution is -2.49. The number of hydrogen-bond donors (Lipinski definition) is 3. The Balaban J connectivity index is 0.000000225. The van der Waals surface area contributed by atoms with Crippen LogP contribution < -0.4 is 0 Å². The fourth-order valence-corrected chi connectivity index (χ4v) is 1.58. The molecule has 0 aliphatic heterocycles. The van der Waals surface area contributed by atoms with Crippen molar-refractivity contribution >= 4 is 0 Å². The van der Waals surface area contributed by atoms with Crippen LogP contribution in [0.15, 0.2) is 60.7 Å². The third-order valence-electron chi connectivity index (χ3n) is 3.15. The third kappa shape index (κ3) is 4.63. The second-order valence-electron chi connectivity index (χ2n) is 4.69. The molecule has 0 amide bonds. The van der Waals surface area contributed by atoms with E-state index in [2.05, 4.69) is 48.5 Å². The number of aliphatic hydroxyl groups excluding tert-OH is 3. The summed E-state index contributed by atoms with van der Waals surface area (Å²) in [6, 6.07) is 20.8. The van der Waals surface area contributed by atoms with Gasteiger partial charge in [-0.1, -0.05) is 60.7 Å². The van der Waals surface area contributed by atoms with Gasteiger partial charge >= 0.3 is 0 Å². The van der Waals surface area contributed by atoms with Crippen LogP contribution in [0, 0.1) is 10.1 Å². The second-order valence-corrected chi connectivity index (χ2v) is 4.69. The van der Waals surface area contributed by atoms with Gasteiger partial charge in [0, 0.05) is 4.92 Å². The Kier molecular flexibility index (Phi) is 7.18. The summed E-state index contributed by atoms with van der Waals surface area (Å²) in [5, 5.41) is 35.2. The van der Waals surface area contributed by atoms with Crippen molar-refractivity contribution in [1.29, 1.82) is 0 Å². The number of rotatable bonds is 5. The minimum Gasteiger partial charge on any atom is -0.389 e. The van der Waals surface area contributed by atoms with Crippen molar-refractivity contribution in [2.45, 2.75) is 5.54 Å². The molecule has 2 aromatic rings. The van der Waals surface area contributed by atoms with Gasteiger partial charge in [-0.05, 0) is 11.1 Å². The molecule has 0 radical (unpaired) electrons. The zero-order valence-corrected chi connectivity index (χ0v) is 12.0. The molecule has 0 atom stereocenters. The highest BCUT2D eigenvalue weighted by Gasteiger charge is 2.41. The van der Waals surface area contributed by atoms with Gasteiger partial charge < -0.3 is 15.3 Å². The lowest BCUT2D eigenvalue weighted by Gasteiger charge is -2.16. The van der Waals surface area contributed by atoms with E-state index in [0.717, 1.165) is 0 Å². The first kappa shape index (κ1) is 17.8. The van der Waals surface area contributed by atoms with Crippen LogP contribution in [0.5, 0.6) is 0 Å². The zero-order valence-electron chi connectivity index (χ0n) is 12.0. The van der Waals surface area contributed by atoms with E-state index in [1.807, 2.05) is 12.1 Å². The first-order valence-corrected chi connectivity index (χ1v) is 6.67. The summed E-state index contributed by atoms with van der Waals surface area (Å²) in [6.45, 7) is -2.60. The maximum absolute atomic E-state index is 10.0. The van der Waals surface area contributed by atoms with Crippen LogP contribution in [0.25, 0.3) is 11.1 Å². The first-order chi connectivity index (χ1) is 10.6. The molecule has 118 valence electrons. The Morgan fingerprint density at radius 1 is 0.773 bits per heavy atom. The maximum Gasteiger partial charge on any atom is 0.289 e. The van der Waals surface area contributed by atoms with E-state index in [-0.39, 0.29) is 0 Å². The molecule has 2 aromatic carbocycles. The molecule has 0 spiro atoms. The zero-order chi connectivity index (χ0) is 16.4. The second kappa shape index (κ2) is 8.89. The van der Waals surface area contributed by atoms with E-state index in [9.17, 15) is 10.1 Å². The number of nitrogens with zero attached hydrogens (tertiary/aromatic N) is 1. The van der Waals surface area contributed by atoms with Gasteiger partial charge in [0.25, 0.3) is 5.54 Å². The van der Waals surface area contributed by atoms with E-state index in [4.69, 9.17) is 15.3 Å². The van der Waals surface area contributed by atoms with Gasteiger partial charge in [0.05, 0.1) is 0 Å². The van der Waals surface area contributed by atoms with E-state index in [0.29, 0.717) is 0 Å². The van der Waals surface area contributed by atoms with Crippen molar-refractivity contribution in [3.63, 3.8) is 0 Å². The average Bonchev–Trinajstić information content (AvgIpc) is 2.59. The monoisotopic (exact) mass is 305 g/mol. The molecular weight excluding hydrogens is 286 g/mol. The Labute approximate surface area is 128 Å². The van der Waals surface area contributed by atoms with Gasteiger partial charge in [-0.3, -0.25) is 10.1 Å². The van der Waals surface area contributed by atoms with Gasteiger partial charge in [-0.25, -0.2) is 0 Å². The summed E-state index contributed by atoms with van der Waals surface area (Å²) in [7, 11) is 0. The molecule has 0 bridgehead atoms. The minimum absolute atomic E-state index is 0.868. The number of nitro groups is 1. The molecular formula is C16H19NO5. The lowest BCUT2D eigenvalue weighted by molar-refractivity contribution is -0.580. The van der Waals surface area contributed by atoms with Crippen LogP contribution in [0.2, 0.25) is 0 Å². The normalized spacial score (nSPS) is 10.5. The Hall–Kier alpha value is -2.28. The number of hydrogen-bond acceptors (Lipinski definition) is 5. The van der Waals surface area contributed by atoms with Gasteiger partial charge in [0.2, 0.25) is 0 Å². The number of aliphatic hydroxyl groups is 3. The predicted molar refractivity (Wildman–Crippen MR) is 82.9 cm³/mol. The van der Waals surface area contributed by atoms with Gasteiger partial charge in [-0.15, -0.1) is 0 Å². The molecule has 2 rings (SSSR count). The van der Waals surface area contributed by atoms with Crippen molar-refractivity contribution in [3.05, 3.63) is 70.8 Å². The molecule has 0 fully saturated rings. The quantitative estimate of drug-likeness (QED) is 0.571. The maximum atomic E-state index is 10.0. The van der Waals surface area contributed by atoms with Crippen LogP contribution in [0.1, 0.15) is 0 Å². The fourth-order valence-electron chi connectivity index (χ4n) is 1.58. The Morgan fingerprint density at radius 3 is 1.27 bits per heavy atom. The van der Waals surface area contributed by atoms with Crippen molar-refractivity contribution in [3.8, 4) is 11.1 Å². The summed E-state index contributed by atoms with van der Waals surface area (Å²) in [5.41, 5.74) is 0.566. The molecule has 3 N–H and O–H groups in total. The lowest BCUT2D eigenvalue weighted by atomic mass is 10.1.